The van der Waals surface area contributed by atoms with Crippen LogP contribution in [0.4, 0.5) is 0 Å². The molecule has 3 nitrogen and oxygen atoms in total. The van der Waals surface area contributed by atoms with Gasteiger partial charge in [0.2, 0.25) is 0 Å². The van der Waals surface area contributed by atoms with Gasteiger partial charge in [-0.05, 0) is 25.5 Å². The average Bonchev–Trinajstić information content (AvgIpc) is 2.88. The molecule has 5 heteroatoms. The summed E-state index contributed by atoms with van der Waals surface area (Å²) in [5.41, 5.74) is 0.495. The molecule has 0 spiro atoms. The molecule has 2 rings (SSSR count). The molecule has 1 atom stereocenters. The molecular formula is C12H10Cl2O3. The molecule has 1 aliphatic rings. The Hall–Kier alpha value is -1.06. The van der Waals surface area contributed by atoms with E-state index in [4.69, 9.17) is 27.9 Å². The normalized spacial score (nSPS) is 20.8. The third kappa shape index (κ3) is 2.79. The van der Waals surface area contributed by atoms with E-state index >= 15 is 0 Å². The molecule has 17 heavy (non-hydrogen) atoms. The molecule has 90 valence electrons. The minimum absolute atomic E-state index is 0.0849. The lowest BCUT2D eigenvalue weighted by Gasteiger charge is -2.05. The van der Waals surface area contributed by atoms with Gasteiger partial charge in [-0.2, -0.15) is 0 Å². The highest BCUT2D eigenvalue weighted by molar-refractivity contribution is 6.52. The van der Waals surface area contributed by atoms with E-state index in [-0.39, 0.29) is 5.78 Å². The third-order valence-corrected chi connectivity index (χ3v) is 3.40. The minimum Gasteiger partial charge on any atom is -0.426 e. The van der Waals surface area contributed by atoms with E-state index < -0.39 is 16.2 Å². The van der Waals surface area contributed by atoms with E-state index in [9.17, 15) is 9.59 Å². The molecule has 0 aromatic heterocycles. The Morgan fingerprint density at radius 2 is 2.06 bits per heavy atom. The largest absolute Gasteiger partial charge is 0.426 e. The molecule has 1 saturated carbocycles. The van der Waals surface area contributed by atoms with Crippen LogP contribution < -0.4 is 4.74 Å². The first kappa shape index (κ1) is 12.4. The first-order valence-corrected chi connectivity index (χ1v) is 5.86. The Balaban J connectivity index is 2.07. The second kappa shape index (κ2) is 4.31. The van der Waals surface area contributed by atoms with Crippen molar-refractivity contribution in [1.29, 1.82) is 0 Å². The van der Waals surface area contributed by atoms with Gasteiger partial charge in [0.25, 0.3) is 0 Å². The quantitative estimate of drug-likeness (QED) is 0.368. The third-order valence-electron chi connectivity index (χ3n) is 2.57. The molecule has 1 aromatic rings. The van der Waals surface area contributed by atoms with Crippen LogP contribution in [0, 0.1) is 5.92 Å². The summed E-state index contributed by atoms with van der Waals surface area (Å²) in [5.74, 6) is -0.695. The molecule has 0 aliphatic heterocycles. The number of ketones is 1. The van der Waals surface area contributed by atoms with E-state index in [1.165, 1.54) is 13.0 Å². The maximum atomic E-state index is 11.6. The highest BCUT2D eigenvalue weighted by Gasteiger charge is 2.57. The van der Waals surface area contributed by atoms with Gasteiger partial charge in [0, 0.05) is 5.56 Å². The van der Waals surface area contributed by atoms with Crippen molar-refractivity contribution in [3.8, 4) is 5.75 Å². The summed E-state index contributed by atoms with van der Waals surface area (Å²) >= 11 is 11.5. The average molecular weight is 273 g/mol. The van der Waals surface area contributed by atoms with Crippen LogP contribution in [-0.2, 0) is 4.79 Å². The first-order valence-electron chi connectivity index (χ1n) is 5.10. The number of alkyl halides is 2. The summed E-state index contributed by atoms with van der Waals surface area (Å²) in [7, 11) is 0. The zero-order valence-electron chi connectivity index (χ0n) is 9.07. The van der Waals surface area contributed by atoms with E-state index in [2.05, 4.69) is 0 Å². The van der Waals surface area contributed by atoms with Gasteiger partial charge in [0.05, 0.1) is 5.92 Å². The summed E-state index contributed by atoms with van der Waals surface area (Å²) in [6.07, 6.45) is 0.404. The van der Waals surface area contributed by atoms with E-state index in [0.29, 0.717) is 17.7 Å². The van der Waals surface area contributed by atoms with Gasteiger partial charge in [-0.15, -0.1) is 23.2 Å². The molecule has 1 unspecified atom stereocenters. The Bertz CT molecular complexity index is 482. The molecule has 1 aromatic carbocycles. The standard InChI is InChI=1S/C12H10Cl2O3/c1-7(15)8-3-2-4-9(5-8)17-11(16)10-6-12(10,13)14/h2-5,10H,6H2,1H3. The van der Waals surface area contributed by atoms with Crippen molar-refractivity contribution >= 4 is 35.0 Å². The fourth-order valence-corrected chi connectivity index (χ4v) is 1.92. The Labute approximate surface area is 109 Å². The molecule has 1 fully saturated rings. The lowest BCUT2D eigenvalue weighted by atomic mass is 10.1. The number of carbonyl (C=O) groups is 2. The topological polar surface area (TPSA) is 43.4 Å². The molecule has 1 aliphatic carbocycles. The predicted molar refractivity (Wildman–Crippen MR) is 64.6 cm³/mol. The van der Waals surface area contributed by atoms with Gasteiger partial charge in [0.15, 0.2) is 5.78 Å². The van der Waals surface area contributed by atoms with Gasteiger partial charge < -0.3 is 4.74 Å². The molecule has 0 amide bonds. The summed E-state index contributed by atoms with van der Waals surface area (Å²) in [5, 5.41) is 0. The molecule has 0 N–H and O–H groups in total. The van der Waals surface area contributed by atoms with Crippen molar-refractivity contribution in [1.82, 2.24) is 0 Å². The Morgan fingerprint density at radius 1 is 1.41 bits per heavy atom. The number of benzene rings is 1. The van der Waals surface area contributed by atoms with Crippen molar-refractivity contribution in [3.63, 3.8) is 0 Å². The molecule has 0 bridgehead atoms. The first-order chi connectivity index (χ1) is 7.90. The summed E-state index contributed by atoms with van der Waals surface area (Å²) in [6, 6.07) is 6.44. The lowest BCUT2D eigenvalue weighted by Crippen LogP contribution is -2.14. The Morgan fingerprint density at radius 3 is 2.59 bits per heavy atom. The number of halogens is 2. The minimum atomic E-state index is -0.991. The van der Waals surface area contributed by atoms with Crippen LogP contribution in [0.5, 0.6) is 5.75 Å². The molecule has 0 heterocycles. The Kier molecular flexibility index (Phi) is 3.15. The van der Waals surface area contributed by atoms with E-state index in [0.717, 1.165) is 0 Å². The van der Waals surface area contributed by atoms with Crippen LogP contribution in [-0.4, -0.2) is 16.1 Å². The van der Waals surface area contributed by atoms with Crippen molar-refractivity contribution in [2.24, 2.45) is 5.92 Å². The molecule has 0 radical (unpaired) electrons. The van der Waals surface area contributed by atoms with E-state index in [1.807, 2.05) is 0 Å². The predicted octanol–water partition coefficient (Wildman–Crippen LogP) is 2.99. The van der Waals surface area contributed by atoms with Crippen LogP contribution in [0.2, 0.25) is 0 Å². The summed E-state index contributed by atoms with van der Waals surface area (Å²) in [4.78, 5) is 22.7. The number of hydrogen-bond donors (Lipinski definition) is 0. The van der Waals surface area contributed by atoms with Gasteiger partial charge in [0.1, 0.15) is 10.1 Å². The maximum Gasteiger partial charge on any atom is 0.317 e. The zero-order valence-corrected chi connectivity index (χ0v) is 10.6. The second-order valence-corrected chi connectivity index (χ2v) is 5.57. The number of carbonyl (C=O) groups excluding carboxylic acids is 2. The van der Waals surface area contributed by atoms with Gasteiger partial charge in [-0.1, -0.05) is 12.1 Å². The maximum absolute atomic E-state index is 11.6. The van der Waals surface area contributed by atoms with Gasteiger partial charge >= 0.3 is 5.97 Å². The molecule has 0 saturated heterocycles. The van der Waals surface area contributed by atoms with Crippen molar-refractivity contribution in [3.05, 3.63) is 29.8 Å². The number of esters is 1. The number of ether oxygens (including phenoxy) is 1. The highest BCUT2D eigenvalue weighted by Crippen LogP contribution is 2.53. The van der Waals surface area contributed by atoms with Crippen LogP contribution in [0.15, 0.2) is 24.3 Å². The zero-order chi connectivity index (χ0) is 12.6. The van der Waals surface area contributed by atoms with Crippen molar-refractivity contribution in [2.75, 3.05) is 0 Å². The fraction of sp³-hybridized carbons (Fsp3) is 0.333. The molecular weight excluding hydrogens is 263 g/mol. The summed E-state index contributed by atoms with van der Waals surface area (Å²) < 4.78 is 4.11. The number of Topliss-reactive ketones (excluding diaryl/α,β-unsaturated/α-hetero) is 1. The fourth-order valence-electron chi connectivity index (χ4n) is 1.43. The van der Waals surface area contributed by atoms with Crippen LogP contribution in [0.1, 0.15) is 23.7 Å². The number of rotatable bonds is 3. The SMILES string of the molecule is CC(=O)c1cccc(OC(=O)C2CC2(Cl)Cl)c1. The smallest absolute Gasteiger partial charge is 0.317 e. The van der Waals surface area contributed by atoms with Gasteiger partial charge in [-0.3, -0.25) is 9.59 Å². The monoisotopic (exact) mass is 272 g/mol. The van der Waals surface area contributed by atoms with Crippen LogP contribution in [0.3, 0.4) is 0 Å². The lowest BCUT2D eigenvalue weighted by molar-refractivity contribution is -0.135. The highest BCUT2D eigenvalue weighted by atomic mass is 35.5. The summed E-state index contributed by atoms with van der Waals surface area (Å²) in [6.45, 7) is 1.45. The number of hydrogen-bond acceptors (Lipinski definition) is 3. The second-order valence-electron chi connectivity index (χ2n) is 4.02. The van der Waals surface area contributed by atoms with Gasteiger partial charge in [-0.25, -0.2) is 0 Å². The van der Waals surface area contributed by atoms with Crippen molar-refractivity contribution in [2.45, 2.75) is 17.7 Å². The van der Waals surface area contributed by atoms with Crippen LogP contribution in [0.25, 0.3) is 0 Å². The van der Waals surface area contributed by atoms with Crippen molar-refractivity contribution < 1.29 is 14.3 Å². The van der Waals surface area contributed by atoms with E-state index in [1.54, 1.807) is 18.2 Å². The van der Waals surface area contributed by atoms with Crippen LogP contribution >= 0.6 is 23.2 Å².